The quantitative estimate of drug-likeness (QED) is 0.261. The SMILES string of the molecule is CCCCCCCCCOC(=O)/C=C/C(=O)OCCCC(C)C. The van der Waals surface area contributed by atoms with Crippen LogP contribution >= 0.6 is 0 Å². The van der Waals surface area contributed by atoms with E-state index in [-0.39, 0.29) is 0 Å². The smallest absolute Gasteiger partial charge is 0.331 e. The number of carbonyl (C=O) groups is 2. The molecule has 0 heterocycles. The standard InChI is InChI=1S/C19H34O4/c1-4-5-6-7-8-9-10-15-22-18(20)13-14-19(21)23-16-11-12-17(2)3/h13-14,17H,4-12,15-16H2,1-3H3/b14-13+. The highest BCUT2D eigenvalue weighted by Gasteiger charge is 2.02. The lowest BCUT2D eigenvalue weighted by molar-refractivity contribution is -0.140. The molecule has 0 aliphatic heterocycles. The number of hydrogen-bond donors (Lipinski definition) is 0. The van der Waals surface area contributed by atoms with Crippen molar-refractivity contribution < 1.29 is 19.1 Å². The lowest BCUT2D eigenvalue weighted by Crippen LogP contribution is -2.06. The minimum Gasteiger partial charge on any atom is -0.463 e. The second kappa shape index (κ2) is 15.6. The second-order valence-electron chi connectivity index (χ2n) is 6.33. The van der Waals surface area contributed by atoms with Gasteiger partial charge in [-0.05, 0) is 25.2 Å². The number of rotatable bonds is 14. The van der Waals surface area contributed by atoms with Gasteiger partial charge in [-0.15, -0.1) is 0 Å². The number of hydrogen-bond acceptors (Lipinski definition) is 4. The summed E-state index contributed by atoms with van der Waals surface area (Å²) in [4.78, 5) is 22.8. The first kappa shape index (κ1) is 21.7. The van der Waals surface area contributed by atoms with Crippen LogP contribution in [0, 0.1) is 5.92 Å². The Morgan fingerprint density at radius 2 is 1.26 bits per heavy atom. The predicted molar refractivity (Wildman–Crippen MR) is 93.1 cm³/mol. The number of ether oxygens (including phenoxy) is 2. The molecule has 23 heavy (non-hydrogen) atoms. The first-order valence-electron chi connectivity index (χ1n) is 9.07. The number of carbonyl (C=O) groups excluding carboxylic acids is 2. The fraction of sp³-hybridized carbons (Fsp3) is 0.789. The molecule has 0 aromatic carbocycles. The minimum atomic E-state index is -0.485. The van der Waals surface area contributed by atoms with Crippen molar-refractivity contribution in [3.63, 3.8) is 0 Å². The van der Waals surface area contributed by atoms with E-state index in [4.69, 9.17) is 9.47 Å². The summed E-state index contributed by atoms with van der Waals surface area (Å²) in [6.07, 6.45) is 12.4. The molecule has 0 radical (unpaired) electrons. The van der Waals surface area contributed by atoms with Crippen molar-refractivity contribution >= 4 is 11.9 Å². The summed E-state index contributed by atoms with van der Waals surface area (Å²) < 4.78 is 10.0. The van der Waals surface area contributed by atoms with Crippen LogP contribution in [0.5, 0.6) is 0 Å². The van der Waals surface area contributed by atoms with Gasteiger partial charge in [-0.3, -0.25) is 0 Å². The highest BCUT2D eigenvalue weighted by molar-refractivity contribution is 5.91. The third-order valence-corrected chi connectivity index (χ3v) is 3.52. The first-order chi connectivity index (χ1) is 11.1. The molecule has 134 valence electrons. The van der Waals surface area contributed by atoms with Gasteiger partial charge in [0.15, 0.2) is 0 Å². The van der Waals surface area contributed by atoms with Gasteiger partial charge in [0.1, 0.15) is 0 Å². The van der Waals surface area contributed by atoms with Crippen LogP contribution in [0.1, 0.15) is 78.6 Å². The van der Waals surface area contributed by atoms with Gasteiger partial charge in [0.2, 0.25) is 0 Å². The van der Waals surface area contributed by atoms with Gasteiger partial charge in [0.25, 0.3) is 0 Å². The largest absolute Gasteiger partial charge is 0.463 e. The molecular weight excluding hydrogens is 292 g/mol. The molecule has 0 unspecified atom stereocenters. The Morgan fingerprint density at radius 3 is 1.78 bits per heavy atom. The lowest BCUT2D eigenvalue weighted by atomic mass is 10.1. The molecule has 0 atom stereocenters. The number of esters is 2. The fourth-order valence-electron chi connectivity index (χ4n) is 2.13. The van der Waals surface area contributed by atoms with Gasteiger partial charge in [0, 0.05) is 12.2 Å². The molecule has 4 nitrogen and oxygen atoms in total. The van der Waals surface area contributed by atoms with Crippen LogP contribution in [-0.4, -0.2) is 25.2 Å². The highest BCUT2D eigenvalue weighted by atomic mass is 16.5. The summed E-state index contributed by atoms with van der Waals surface area (Å²) in [5.41, 5.74) is 0. The fourth-order valence-corrected chi connectivity index (χ4v) is 2.13. The van der Waals surface area contributed by atoms with Gasteiger partial charge >= 0.3 is 11.9 Å². The van der Waals surface area contributed by atoms with Crippen LogP contribution in [0.25, 0.3) is 0 Å². The summed E-state index contributed by atoms with van der Waals surface area (Å²) in [7, 11) is 0. The van der Waals surface area contributed by atoms with E-state index in [1.54, 1.807) is 0 Å². The molecule has 0 fully saturated rings. The molecule has 0 aromatic rings. The lowest BCUT2D eigenvalue weighted by Gasteiger charge is -2.04. The summed E-state index contributed by atoms with van der Waals surface area (Å²) in [6, 6.07) is 0. The van der Waals surface area contributed by atoms with E-state index in [2.05, 4.69) is 20.8 Å². The zero-order chi connectivity index (χ0) is 17.3. The Balaban J connectivity index is 3.51. The maximum Gasteiger partial charge on any atom is 0.331 e. The molecule has 0 saturated carbocycles. The van der Waals surface area contributed by atoms with Crippen molar-refractivity contribution in [1.82, 2.24) is 0 Å². The van der Waals surface area contributed by atoms with E-state index >= 15 is 0 Å². The first-order valence-corrected chi connectivity index (χ1v) is 9.07. The van der Waals surface area contributed by atoms with Gasteiger partial charge in [-0.25, -0.2) is 9.59 Å². The van der Waals surface area contributed by atoms with Crippen LogP contribution in [0.3, 0.4) is 0 Å². The maximum absolute atomic E-state index is 11.4. The van der Waals surface area contributed by atoms with Gasteiger partial charge < -0.3 is 9.47 Å². The highest BCUT2D eigenvalue weighted by Crippen LogP contribution is 2.07. The summed E-state index contributed by atoms with van der Waals surface area (Å²) in [5.74, 6) is -0.359. The zero-order valence-electron chi connectivity index (χ0n) is 15.1. The third-order valence-electron chi connectivity index (χ3n) is 3.52. The number of unbranched alkanes of at least 4 members (excludes halogenated alkanes) is 6. The van der Waals surface area contributed by atoms with Crippen molar-refractivity contribution in [3.05, 3.63) is 12.2 Å². The summed E-state index contributed by atoms with van der Waals surface area (Å²) in [5, 5.41) is 0. The van der Waals surface area contributed by atoms with Gasteiger partial charge in [-0.1, -0.05) is 59.3 Å². The molecule has 4 heteroatoms. The zero-order valence-corrected chi connectivity index (χ0v) is 15.1. The van der Waals surface area contributed by atoms with Gasteiger partial charge in [-0.2, -0.15) is 0 Å². The summed E-state index contributed by atoms with van der Waals surface area (Å²) in [6.45, 7) is 7.27. The Hall–Kier alpha value is -1.32. The van der Waals surface area contributed by atoms with Crippen molar-refractivity contribution in [2.24, 2.45) is 5.92 Å². The van der Waals surface area contributed by atoms with Crippen molar-refractivity contribution in [2.75, 3.05) is 13.2 Å². The summed E-state index contributed by atoms with van der Waals surface area (Å²) >= 11 is 0. The predicted octanol–water partition coefficient (Wildman–Crippen LogP) is 4.82. The molecule has 0 aliphatic carbocycles. The van der Waals surface area contributed by atoms with Gasteiger partial charge in [0.05, 0.1) is 13.2 Å². The van der Waals surface area contributed by atoms with Crippen LogP contribution in [0.2, 0.25) is 0 Å². The monoisotopic (exact) mass is 326 g/mol. The topological polar surface area (TPSA) is 52.6 Å². The Morgan fingerprint density at radius 1 is 0.783 bits per heavy atom. The van der Waals surface area contributed by atoms with Crippen molar-refractivity contribution in [1.29, 1.82) is 0 Å². The molecule has 0 aromatic heterocycles. The van der Waals surface area contributed by atoms with E-state index in [0.29, 0.717) is 19.1 Å². The van der Waals surface area contributed by atoms with Crippen LogP contribution in [0.15, 0.2) is 12.2 Å². The molecule has 0 aliphatic rings. The van der Waals surface area contributed by atoms with Crippen LogP contribution in [-0.2, 0) is 19.1 Å². The normalized spacial score (nSPS) is 11.1. The molecule has 0 spiro atoms. The van der Waals surface area contributed by atoms with Crippen LogP contribution in [0.4, 0.5) is 0 Å². The molecule has 0 bridgehead atoms. The van der Waals surface area contributed by atoms with E-state index in [0.717, 1.165) is 37.8 Å². The van der Waals surface area contributed by atoms with E-state index < -0.39 is 11.9 Å². The second-order valence-corrected chi connectivity index (χ2v) is 6.33. The molecule has 0 amide bonds. The third kappa shape index (κ3) is 16.9. The Bertz CT molecular complexity index is 334. The van der Waals surface area contributed by atoms with Crippen LogP contribution < -0.4 is 0 Å². The maximum atomic E-state index is 11.4. The van der Waals surface area contributed by atoms with E-state index in [1.165, 1.54) is 32.1 Å². The molecular formula is C19H34O4. The average Bonchev–Trinajstić information content (AvgIpc) is 2.52. The minimum absolute atomic E-state index is 0.397. The van der Waals surface area contributed by atoms with Crippen molar-refractivity contribution in [3.8, 4) is 0 Å². The van der Waals surface area contributed by atoms with E-state index in [1.807, 2.05) is 0 Å². The average molecular weight is 326 g/mol. The Kier molecular flexibility index (Phi) is 14.7. The van der Waals surface area contributed by atoms with Crippen molar-refractivity contribution in [2.45, 2.75) is 78.6 Å². The Labute approximate surface area is 141 Å². The molecule has 0 rings (SSSR count). The molecule has 0 saturated heterocycles. The molecule has 0 N–H and O–H groups in total. The van der Waals surface area contributed by atoms with E-state index in [9.17, 15) is 9.59 Å².